The lowest BCUT2D eigenvalue weighted by molar-refractivity contribution is 1.12. The summed E-state index contributed by atoms with van der Waals surface area (Å²) in [5.74, 6) is 0. The highest BCUT2D eigenvalue weighted by Gasteiger charge is 2.17. The molecule has 4 aromatic rings. The standard InChI is InChI=1S/C21H15BrN2O/c1-13-21(25)24-17-12-16(22)18(14-8-4-2-5-9-14)19(20(17)23-13)15-10-6-3-7-11-15/h2-12H,1H3,(H,24,25). The average Bonchev–Trinajstić information content (AvgIpc) is 2.64. The molecule has 0 amide bonds. The van der Waals surface area contributed by atoms with Gasteiger partial charge in [0, 0.05) is 15.6 Å². The molecule has 0 bridgehead atoms. The second-order valence-electron chi connectivity index (χ2n) is 5.89. The number of aryl methyl sites for hydroxylation is 1. The maximum atomic E-state index is 12.0. The van der Waals surface area contributed by atoms with Gasteiger partial charge in [-0.3, -0.25) is 4.79 Å². The fraction of sp³-hybridized carbons (Fsp3) is 0.0476. The average molecular weight is 391 g/mol. The van der Waals surface area contributed by atoms with Crippen LogP contribution < -0.4 is 5.56 Å². The second-order valence-corrected chi connectivity index (χ2v) is 6.74. The molecule has 0 radical (unpaired) electrons. The molecule has 3 aromatic carbocycles. The van der Waals surface area contributed by atoms with E-state index in [9.17, 15) is 4.79 Å². The Bertz CT molecular complexity index is 1120. The highest BCUT2D eigenvalue weighted by molar-refractivity contribution is 9.10. The molecular weight excluding hydrogens is 376 g/mol. The quantitative estimate of drug-likeness (QED) is 0.502. The van der Waals surface area contributed by atoms with Gasteiger partial charge >= 0.3 is 0 Å². The summed E-state index contributed by atoms with van der Waals surface area (Å²) in [7, 11) is 0. The first-order valence-electron chi connectivity index (χ1n) is 7.99. The summed E-state index contributed by atoms with van der Waals surface area (Å²) in [4.78, 5) is 19.6. The van der Waals surface area contributed by atoms with Crippen LogP contribution in [-0.4, -0.2) is 9.97 Å². The number of H-pyrrole nitrogens is 1. The topological polar surface area (TPSA) is 45.8 Å². The number of nitrogens with one attached hydrogen (secondary N) is 1. The third-order valence-corrected chi connectivity index (χ3v) is 4.86. The van der Waals surface area contributed by atoms with Crippen molar-refractivity contribution in [2.75, 3.05) is 0 Å². The van der Waals surface area contributed by atoms with Gasteiger partial charge in [-0.2, -0.15) is 0 Å². The second kappa shape index (κ2) is 6.30. The van der Waals surface area contributed by atoms with Crippen LogP contribution in [0.15, 0.2) is 76.0 Å². The number of aromatic amines is 1. The Hall–Kier alpha value is -2.72. The largest absolute Gasteiger partial charge is 0.319 e. The minimum Gasteiger partial charge on any atom is -0.319 e. The lowest BCUT2D eigenvalue weighted by Gasteiger charge is -2.15. The molecule has 4 rings (SSSR count). The van der Waals surface area contributed by atoms with Gasteiger partial charge in [-0.05, 0) is 24.1 Å². The molecule has 3 nitrogen and oxygen atoms in total. The molecule has 0 aliphatic rings. The number of hydrogen-bond donors (Lipinski definition) is 1. The SMILES string of the molecule is Cc1nc2c(-c3ccccc3)c(-c3ccccc3)c(Br)cc2[nH]c1=O. The first-order valence-corrected chi connectivity index (χ1v) is 8.78. The zero-order chi connectivity index (χ0) is 17.4. The Morgan fingerprint density at radius 3 is 2.04 bits per heavy atom. The normalized spacial score (nSPS) is 11.0. The molecule has 0 aliphatic heterocycles. The molecule has 0 aliphatic carbocycles. The maximum absolute atomic E-state index is 12.0. The minimum atomic E-state index is -0.161. The van der Waals surface area contributed by atoms with Crippen LogP contribution in [0.1, 0.15) is 5.69 Å². The first-order chi connectivity index (χ1) is 12.1. The molecular formula is C21H15BrN2O. The van der Waals surface area contributed by atoms with Crippen molar-refractivity contribution in [2.24, 2.45) is 0 Å². The highest BCUT2D eigenvalue weighted by Crippen LogP contribution is 2.41. The molecule has 0 unspecified atom stereocenters. The zero-order valence-corrected chi connectivity index (χ0v) is 15.2. The Morgan fingerprint density at radius 1 is 0.880 bits per heavy atom. The molecule has 4 heteroatoms. The van der Waals surface area contributed by atoms with Crippen molar-refractivity contribution in [1.82, 2.24) is 9.97 Å². The van der Waals surface area contributed by atoms with Crippen molar-refractivity contribution in [3.05, 3.63) is 87.3 Å². The van der Waals surface area contributed by atoms with Crippen LogP contribution in [0, 0.1) is 6.92 Å². The smallest absolute Gasteiger partial charge is 0.269 e. The molecule has 0 saturated carbocycles. The van der Waals surface area contributed by atoms with Gasteiger partial charge < -0.3 is 4.98 Å². The Labute approximate surface area is 153 Å². The third-order valence-electron chi connectivity index (χ3n) is 4.23. The zero-order valence-electron chi connectivity index (χ0n) is 13.6. The van der Waals surface area contributed by atoms with Gasteiger partial charge in [0.05, 0.1) is 11.0 Å². The molecule has 1 N–H and O–H groups in total. The number of benzene rings is 3. The molecule has 1 aromatic heterocycles. The fourth-order valence-corrected chi connectivity index (χ4v) is 3.71. The van der Waals surface area contributed by atoms with E-state index in [1.54, 1.807) is 6.92 Å². The molecule has 122 valence electrons. The summed E-state index contributed by atoms with van der Waals surface area (Å²) in [6.45, 7) is 1.73. The van der Waals surface area contributed by atoms with E-state index in [1.165, 1.54) is 0 Å². The first kappa shape index (κ1) is 15.8. The third kappa shape index (κ3) is 2.79. The molecule has 25 heavy (non-hydrogen) atoms. The van der Waals surface area contributed by atoms with Crippen molar-refractivity contribution in [1.29, 1.82) is 0 Å². The monoisotopic (exact) mass is 390 g/mol. The van der Waals surface area contributed by atoms with Crippen LogP contribution in [0.5, 0.6) is 0 Å². The van der Waals surface area contributed by atoms with Gasteiger partial charge in [0.15, 0.2) is 0 Å². The molecule has 0 saturated heterocycles. The minimum absolute atomic E-state index is 0.161. The van der Waals surface area contributed by atoms with Crippen molar-refractivity contribution in [3.8, 4) is 22.3 Å². The number of aromatic nitrogens is 2. The van der Waals surface area contributed by atoms with Gasteiger partial charge in [0.25, 0.3) is 5.56 Å². The maximum Gasteiger partial charge on any atom is 0.269 e. The van der Waals surface area contributed by atoms with Gasteiger partial charge in [0.1, 0.15) is 5.69 Å². The van der Waals surface area contributed by atoms with E-state index in [-0.39, 0.29) is 5.56 Å². The van der Waals surface area contributed by atoms with Crippen LogP contribution >= 0.6 is 15.9 Å². The van der Waals surface area contributed by atoms with E-state index >= 15 is 0 Å². The van der Waals surface area contributed by atoms with Gasteiger partial charge in [-0.15, -0.1) is 0 Å². The summed E-state index contributed by atoms with van der Waals surface area (Å²) < 4.78 is 0.923. The van der Waals surface area contributed by atoms with Crippen LogP contribution in [0.4, 0.5) is 0 Å². The van der Waals surface area contributed by atoms with E-state index in [1.807, 2.05) is 42.5 Å². The van der Waals surface area contributed by atoms with E-state index in [2.05, 4.69) is 50.2 Å². The molecule has 0 fully saturated rings. The predicted molar refractivity (Wildman–Crippen MR) is 106 cm³/mol. The number of halogens is 1. The summed E-state index contributed by atoms with van der Waals surface area (Å²) in [6.07, 6.45) is 0. The molecule has 0 spiro atoms. The van der Waals surface area contributed by atoms with Crippen molar-refractivity contribution in [3.63, 3.8) is 0 Å². The van der Waals surface area contributed by atoms with Crippen molar-refractivity contribution in [2.45, 2.75) is 6.92 Å². The fourth-order valence-electron chi connectivity index (χ4n) is 3.06. The number of fused-ring (bicyclic) bond motifs is 1. The molecule has 0 atom stereocenters. The van der Waals surface area contributed by atoms with Gasteiger partial charge in [-0.1, -0.05) is 76.6 Å². The molecule has 1 heterocycles. The lowest BCUT2D eigenvalue weighted by atomic mass is 9.93. The predicted octanol–water partition coefficient (Wildman–Crippen LogP) is 5.33. The van der Waals surface area contributed by atoms with Gasteiger partial charge in [-0.25, -0.2) is 4.98 Å². The van der Waals surface area contributed by atoms with Crippen LogP contribution in [0.25, 0.3) is 33.3 Å². The number of rotatable bonds is 2. The number of hydrogen-bond acceptors (Lipinski definition) is 2. The summed E-state index contributed by atoms with van der Waals surface area (Å²) in [6, 6.07) is 22.3. The summed E-state index contributed by atoms with van der Waals surface area (Å²) in [5.41, 5.74) is 6.06. The highest BCUT2D eigenvalue weighted by atomic mass is 79.9. The van der Waals surface area contributed by atoms with Crippen LogP contribution in [0.2, 0.25) is 0 Å². The van der Waals surface area contributed by atoms with Crippen molar-refractivity contribution >= 4 is 27.0 Å². The Kier molecular flexibility index (Phi) is 3.98. The van der Waals surface area contributed by atoms with Crippen LogP contribution in [-0.2, 0) is 0 Å². The summed E-state index contributed by atoms with van der Waals surface area (Å²) in [5, 5.41) is 0. The Morgan fingerprint density at radius 2 is 1.44 bits per heavy atom. The lowest BCUT2D eigenvalue weighted by Crippen LogP contribution is -2.12. The number of nitrogens with zero attached hydrogens (tertiary/aromatic N) is 1. The van der Waals surface area contributed by atoms with E-state index < -0.39 is 0 Å². The van der Waals surface area contributed by atoms with Crippen LogP contribution in [0.3, 0.4) is 0 Å². The summed E-state index contributed by atoms with van der Waals surface area (Å²) >= 11 is 3.70. The van der Waals surface area contributed by atoms with E-state index in [4.69, 9.17) is 0 Å². The van der Waals surface area contributed by atoms with Crippen molar-refractivity contribution < 1.29 is 0 Å². The van der Waals surface area contributed by atoms with E-state index in [0.29, 0.717) is 5.69 Å². The van der Waals surface area contributed by atoms with E-state index in [0.717, 1.165) is 37.8 Å². The van der Waals surface area contributed by atoms with Gasteiger partial charge in [0.2, 0.25) is 0 Å². The Balaban J connectivity index is 2.19.